The second-order valence-corrected chi connectivity index (χ2v) is 6.80. The summed E-state index contributed by atoms with van der Waals surface area (Å²) < 4.78 is 1.63. The van der Waals surface area contributed by atoms with Crippen LogP contribution in [-0.4, -0.2) is 33.9 Å². The number of benzene rings is 2. The van der Waals surface area contributed by atoms with Crippen molar-refractivity contribution in [2.75, 3.05) is 6.54 Å². The maximum absolute atomic E-state index is 12.7. The van der Waals surface area contributed by atoms with Crippen molar-refractivity contribution in [3.63, 3.8) is 0 Å². The highest BCUT2D eigenvalue weighted by Crippen LogP contribution is 2.23. The number of hydrogen-bond acceptors (Lipinski definition) is 4. The number of nitrogens with zero attached hydrogens (tertiary/aromatic N) is 2. The van der Waals surface area contributed by atoms with Gasteiger partial charge in [-0.25, -0.2) is 9.78 Å². The standard InChI is InChI=1S/C21H19N5O3/c1-26-12-11-22-18(26)21(19(28)24-20(29)25-21)13-23-17(27)16-9-7-15(8-10-16)14-5-3-2-4-6-14/h2-12H,13H2,1H3,(H,23,27)(H2,24,25,28,29). The summed E-state index contributed by atoms with van der Waals surface area (Å²) in [4.78, 5) is 41.1. The number of hydrogen-bond donors (Lipinski definition) is 3. The number of nitrogens with one attached hydrogen (secondary N) is 3. The Morgan fingerprint density at radius 1 is 1.07 bits per heavy atom. The Bertz CT molecular complexity index is 1080. The average molecular weight is 389 g/mol. The van der Waals surface area contributed by atoms with Crippen molar-refractivity contribution in [3.05, 3.63) is 78.4 Å². The van der Waals surface area contributed by atoms with Crippen LogP contribution in [0, 0.1) is 0 Å². The van der Waals surface area contributed by atoms with E-state index in [1.54, 1.807) is 29.9 Å². The first-order chi connectivity index (χ1) is 14.0. The maximum Gasteiger partial charge on any atom is 0.322 e. The Hall–Kier alpha value is -3.94. The number of imidazole rings is 1. The number of imide groups is 1. The molecule has 1 saturated heterocycles. The molecule has 1 fully saturated rings. The topological polar surface area (TPSA) is 105 Å². The molecule has 1 aliphatic rings. The lowest BCUT2D eigenvalue weighted by molar-refractivity contribution is -0.124. The molecule has 146 valence electrons. The molecular formula is C21H19N5O3. The molecule has 1 aliphatic heterocycles. The SMILES string of the molecule is Cn1ccnc1C1(CNC(=O)c2ccc(-c3ccccc3)cc2)NC(=O)NC1=O. The first-order valence-electron chi connectivity index (χ1n) is 9.05. The third-order valence-corrected chi connectivity index (χ3v) is 4.91. The third kappa shape index (κ3) is 3.36. The molecule has 0 radical (unpaired) electrons. The zero-order chi connectivity index (χ0) is 20.4. The summed E-state index contributed by atoms with van der Waals surface area (Å²) in [5.41, 5.74) is 1.03. The minimum Gasteiger partial charge on any atom is -0.349 e. The Kier molecular flexibility index (Phi) is 4.59. The molecule has 1 aromatic heterocycles. The van der Waals surface area contributed by atoms with Crippen molar-refractivity contribution < 1.29 is 14.4 Å². The molecule has 29 heavy (non-hydrogen) atoms. The van der Waals surface area contributed by atoms with Crippen LogP contribution in [0.15, 0.2) is 67.0 Å². The molecule has 3 aromatic rings. The normalized spacial score (nSPS) is 18.2. The molecule has 8 heteroatoms. The van der Waals surface area contributed by atoms with Crippen molar-refractivity contribution in [1.82, 2.24) is 25.5 Å². The zero-order valence-electron chi connectivity index (χ0n) is 15.7. The van der Waals surface area contributed by atoms with E-state index in [-0.39, 0.29) is 12.5 Å². The quantitative estimate of drug-likeness (QED) is 0.576. The number of carbonyl (C=O) groups excluding carboxylic acids is 3. The summed E-state index contributed by atoms with van der Waals surface area (Å²) in [5.74, 6) is -0.579. The van der Waals surface area contributed by atoms with E-state index < -0.39 is 17.5 Å². The highest BCUT2D eigenvalue weighted by Gasteiger charge is 2.50. The number of carbonyl (C=O) groups is 3. The predicted octanol–water partition coefficient (Wildman–Crippen LogP) is 1.55. The molecule has 8 nitrogen and oxygen atoms in total. The van der Waals surface area contributed by atoms with Gasteiger partial charge >= 0.3 is 6.03 Å². The third-order valence-electron chi connectivity index (χ3n) is 4.91. The van der Waals surface area contributed by atoms with Gasteiger partial charge in [-0.15, -0.1) is 0 Å². The van der Waals surface area contributed by atoms with Crippen LogP contribution in [0.25, 0.3) is 11.1 Å². The number of aromatic nitrogens is 2. The molecule has 0 spiro atoms. The van der Waals surface area contributed by atoms with Gasteiger partial charge in [-0.1, -0.05) is 42.5 Å². The van der Waals surface area contributed by atoms with Gasteiger partial charge in [0.1, 0.15) is 5.82 Å². The first-order valence-corrected chi connectivity index (χ1v) is 9.05. The van der Waals surface area contributed by atoms with Crippen molar-refractivity contribution in [1.29, 1.82) is 0 Å². The maximum atomic E-state index is 12.7. The molecule has 0 saturated carbocycles. The van der Waals surface area contributed by atoms with E-state index in [1.165, 1.54) is 6.20 Å². The Labute approximate surface area is 167 Å². The fourth-order valence-electron chi connectivity index (χ4n) is 3.39. The van der Waals surface area contributed by atoms with Gasteiger partial charge in [-0.2, -0.15) is 0 Å². The average Bonchev–Trinajstić information content (AvgIpc) is 3.29. The van der Waals surface area contributed by atoms with Crippen LogP contribution in [0.4, 0.5) is 4.79 Å². The number of aryl methyl sites for hydroxylation is 1. The van der Waals surface area contributed by atoms with Gasteiger partial charge in [-0.05, 0) is 23.3 Å². The van der Waals surface area contributed by atoms with Crippen LogP contribution in [0.2, 0.25) is 0 Å². The van der Waals surface area contributed by atoms with Crippen LogP contribution < -0.4 is 16.0 Å². The van der Waals surface area contributed by atoms with Crippen molar-refractivity contribution in [3.8, 4) is 11.1 Å². The molecule has 3 N–H and O–H groups in total. The monoisotopic (exact) mass is 389 g/mol. The van der Waals surface area contributed by atoms with Gasteiger partial charge in [0, 0.05) is 25.0 Å². The molecule has 4 rings (SSSR count). The van der Waals surface area contributed by atoms with E-state index in [2.05, 4.69) is 20.9 Å². The number of urea groups is 1. The van der Waals surface area contributed by atoms with Gasteiger partial charge in [0.25, 0.3) is 11.8 Å². The highest BCUT2D eigenvalue weighted by atomic mass is 16.2. The van der Waals surface area contributed by atoms with Gasteiger partial charge in [0.15, 0.2) is 5.54 Å². The van der Waals surface area contributed by atoms with Crippen LogP contribution in [0.3, 0.4) is 0 Å². The van der Waals surface area contributed by atoms with Gasteiger partial charge in [-0.3, -0.25) is 14.9 Å². The largest absolute Gasteiger partial charge is 0.349 e. The predicted molar refractivity (Wildman–Crippen MR) is 106 cm³/mol. The van der Waals surface area contributed by atoms with Crippen LogP contribution in [-0.2, 0) is 17.4 Å². The minimum absolute atomic E-state index is 0.130. The second-order valence-electron chi connectivity index (χ2n) is 6.80. The van der Waals surface area contributed by atoms with E-state index in [0.29, 0.717) is 11.4 Å². The lowest BCUT2D eigenvalue weighted by Gasteiger charge is -2.25. The van der Waals surface area contributed by atoms with Gasteiger partial charge in [0.2, 0.25) is 0 Å². The van der Waals surface area contributed by atoms with Crippen LogP contribution in [0.5, 0.6) is 0 Å². The summed E-state index contributed by atoms with van der Waals surface area (Å²) in [5, 5.41) is 7.56. The summed E-state index contributed by atoms with van der Waals surface area (Å²) in [7, 11) is 1.71. The van der Waals surface area contributed by atoms with E-state index in [1.807, 2.05) is 42.5 Å². The lowest BCUT2D eigenvalue weighted by Crippen LogP contribution is -2.54. The first kappa shape index (κ1) is 18.4. The molecule has 4 amide bonds. The molecule has 0 aliphatic carbocycles. The Morgan fingerprint density at radius 2 is 1.76 bits per heavy atom. The van der Waals surface area contributed by atoms with Gasteiger partial charge < -0.3 is 15.2 Å². The molecule has 2 heterocycles. The summed E-state index contributed by atoms with van der Waals surface area (Å²) in [6, 6.07) is 16.4. The zero-order valence-corrected chi connectivity index (χ0v) is 15.7. The number of amides is 4. The Morgan fingerprint density at radius 3 is 2.34 bits per heavy atom. The summed E-state index contributed by atoms with van der Waals surface area (Å²) >= 11 is 0. The molecule has 1 atom stereocenters. The van der Waals surface area contributed by atoms with Crippen LogP contribution >= 0.6 is 0 Å². The van der Waals surface area contributed by atoms with E-state index in [9.17, 15) is 14.4 Å². The highest BCUT2D eigenvalue weighted by molar-refractivity contribution is 6.07. The smallest absolute Gasteiger partial charge is 0.322 e. The molecular weight excluding hydrogens is 370 g/mol. The second kappa shape index (κ2) is 7.23. The minimum atomic E-state index is -1.46. The lowest BCUT2D eigenvalue weighted by atomic mass is 9.98. The van der Waals surface area contributed by atoms with Crippen molar-refractivity contribution >= 4 is 17.8 Å². The van der Waals surface area contributed by atoms with E-state index in [4.69, 9.17) is 0 Å². The molecule has 2 aromatic carbocycles. The van der Waals surface area contributed by atoms with E-state index in [0.717, 1.165) is 11.1 Å². The van der Waals surface area contributed by atoms with Crippen molar-refractivity contribution in [2.45, 2.75) is 5.54 Å². The van der Waals surface area contributed by atoms with Crippen molar-refractivity contribution in [2.24, 2.45) is 7.05 Å². The molecule has 1 unspecified atom stereocenters. The molecule has 0 bridgehead atoms. The van der Waals surface area contributed by atoms with Crippen LogP contribution in [0.1, 0.15) is 16.2 Å². The van der Waals surface area contributed by atoms with Gasteiger partial charge in [0.05, 0.1) is 6.54 Å². The fraction of sp³-hybridized carbons (Fsp3) is 0.143. The summed E-state index contributed by atoms with van der Waals surface area (Å²) in [6.07, 6.45) is 3.19. The Balaban J connectivity index is 1.53. The summed E-state index contributed by atoms with van der Waals surface area (Å²) in [6.45, 7) is -0.130. The van der Waals surface area contributed by atoms with E-state index >= 15 is 0 Å². The fourth-order valence-corrected chi connectivity index (χ4v) is 3.39. The number of rotatable bonds is 5.